The summed E-state index contributed by atoms with van der Waals surface area (Å²) in [5.41, 5.74) is 3.79. The number of rotatable bonds is 5. The fourth-order valence-corrected chi connectivity index (χ4v) is 2.04. The lowest BCUT2D eigenvalue weighted by Gasteiger charge is -2.11. The maximum absolute atomic E-state index is 12.0. The second-order valence-electron chi connectivity index (χ2n) is 5.02. The van der Waals surface area contributed by atoms with Crippen molar-refractivity contribution < 1.29 is 9.53 Å². The van der Waals surface area contributed by atoms with Crippen LogP contribution >= 0.6 is 0 Å². The zero-order valence-corrected chi connectivity index (χ0v) is 13.3. The Morgan fingerprint density at radius 3 is 2.48 bits per heavy atom. The van der Waals surface area contributed by atoms with Gasteiger partial charge in [-0.1, -0.05) is 30.3 Å². The van der Waals surface area contributed by atoms with Crippen LogP contribution in [0, 0.1) is 0 Å². The monoisotopic (exact) mass is 332 g/mol. The van der Waals surface area contributed by atoms with Gasteiger partial charge in [-0.25, -0.2) is 10.2 Å². The minimum absolute atomic E-state index is 0.464. The first-order valence-corrected chi connectivity index (χ1v) is 7.63. The van der Waals surface area contributed by atoms with Gasteiger partial charge < -0.3 is 10.1 Å². The van der Waals surface area contributed by atoms with E-state index in [0.717, 1.165) is 5.56 Å². The highest BCUT2D eigenvalue weighted by Gasteiger charge is 2.07. The number of hydrogen-bond donors (Lipinski definition) is 2. The first-order chi connectivity index (χ1) is 12.3. The van der Waals surface area contributed by atoms with Crippen LogP contribution in [0.15, 0.2) is 84.2 Å². The molecule has 0 saturated carbocycles. The Kier molecular flexibility index (Phi) is 5.35. The lowest BCUT2D eigenvalue weighted by molar-refractivity contribution is 0.252. The van der Waals surface area contributed by atoms with E-state index in [1.807, 2.05) is 42.5 Å². The van der Waals surface area contributed by atoms with E-state index >= 15 is 0 Å². The zero-order chi connectivity index (χ0) is 17.3. The van der Waals surface area contributed by atoms with Gasteiger partial charge in [-0.05, 0) is 42.0 Å². The van der Waals surface area contributed by atoms with E-state index in [2.05, 4.69) is 20.8 Å². The molecule has 6 heteroatoms. The molecule has 0 spiro atoms. The highest BCUT2D eigenvalue weighted by molar-refractivity contribution is 5.91. The minimum atomic E-state index is -0.464. The third-order valence-electron chi connectivity index (χ3n) is 3.19. The Morgan fingerprint density at radius 2 is 1.68 bits per heavy atom. The summed E-state index contributed by atoms with van der Waals surface area (Å²) in [6.45, 7) is 0. The van der Waals surface area contributed by atoms with Crippen molar-refractivity contribution in [3.63, 3.8) is 0 Å². The smallest absolute Gasteiger partial charge is 0.339 e. The highest BCUT2D eigenvalue weighted by Crippen LogP contribution is 2.28. The van der Waals surface area contributed by atoms with Crippen LogP contribution in [-0.4, -0.2) is 17.2 Å². The van der Waals surface area contributed by atoms with Crippen molar-refractivity contribution in [3.05, 3.63) is 84.7 Å². The molecule has 0 fully saturated rings. The molecule has 0 aliphatic heterocycles. The molecule has 1 aromatic heterocycles. The van der Waals surface area contributed by atoms with Crippen LogP contribution in [0.4, 0.5) is 10.5 Å². The van der Waals surface area contributed by atoms with E-state index < -0.39 is 6.03 Å². The molecule has 0 unspecified atom stereocenters. The number of hydrogen-bond acceptors (Lipinski definition) is 4. The number of pyridine rings is 1. The summed E-state index contributed by atoms with van der Waals surface area (Å²) in [5.74, 6) is 1.23. The van der Waals surface area contributed by atoms with E-state index in [-0.39, 0.29) is 0 Å². The second-order valence-corrected chi connectivity index (χ2v) is 5.02. The molecule has 1 heterocycles. The fourth-order valence-electron chi connectivity index (χ4n) is 2.04. The molecule has 2 N–H and O–H groups in total. The van der Waals surface area contributed by atoms with Gasteiger partial charge in [-0.15, -0.1) is 0 Å². The van der Waals surface area contributed by atoms with Gasteiger partial charge in [0.1, 0.15) is 5.75 Å². The molecule has 124 valence electrons. The number of carbonyl (C=O) groups excluding carboxylic acids is 1. The van der Waals surface area contributed by atoms with Crippen molar-refractivity contribution in [1.29, 1.82) is 0 Å². The van der Waals surface area contributed by atoms with E-state index in [1.54, 1.807) is 36.7 Å². The Hall–Kier alpha value is -3.67. The van der Waals surface area contributed by atoms with Crippen molar-refractivity contribution in [2.24, 2.45) is 5.10 Å². The van der Waals surface area contributed by atoms with Gasteiger partial charge in [0.05, 0.1) is 11.9 Å². The Morgan fingerprint density at radius 1 is 0.960 bits per heavy atom. The van der Waals surface area contributed by atoms with Crippen molar-refractivity contribution in [3.8, 4) is 11.5 Å². The van der Waals surface area contributed by atoms with Crippen LogP contribution < -0.4 is 15.5 Å². The normalized spacial score (nSPS) is 10.4. The largest absolute Gasteiger partial charge is 0.455 e. The van der Waals surface area contributed by atoms with Crippen molar-refractivity contribution in [1.82, 2.24) is 10.4 Å². The van der Waals surface area contributed by atoms with Gasteiger partial charge in [0.15, 0.2) is 5.75 Å². The summed E-state index contributed by atoms with van der Waals surface area (Å²) < 4.78 is 5.80. The Bertz CT molecular complexity index is 852. The van der Waals surface area contributed by atoms with Crippen molar-refractivity contribution in [2.45, 2.75) is 0 Å². The average molecular weight is 332 g/mol. The fraction of sp³-hybridized carbons (Fsp3) is 0. The van der Waals surface area contributed by atoms with Crippen LogP contribution in [0.1, 0.15) is 5.56 Å². The molecule has 0 saturated heterocycles. The summed E-state index contributed by atoms with van der Waals surface area (Å²) in [6.07, 6.45) is 4.84. The number of aromatic nitrogens is 1. The second kappa shape index (κ2) is 8.26. The van der Waals surface area contributed by atoms with E-state index in [0.29, 0.717) is 17.2 Å². The summed E-state index contributed by atoms with van der Waals surface area (Å²) in [4.78, 5) is 15.9. The molecule has 2 amide bonds. The molecule has 0 aliphatic carbocycles. The van der Waals surface area contributed by atoms with Crippen LogP contribution in [0.25, 0.3) is 0 Å². The number of carbonyl (C=O) groups is 1. The number of para-hydroxylation sites is 3. The summed E-state index contributed by atoms with van der Waals surface area (Å²) in [7, 11) is 0. The Balaban J connectivity index is 1.62. The van der Waals surface area contributed by atoms with Gasteiger partial charge in [0.2, 0.25) is 0 Å². The van der Waals surface area contributed by atoms with Crippen molar-refractivity contribution >= 4 is 17.9 Å². The number of nitrogens with one attached hydrogen (secondary N) is 2. The molecular formula is C19H16N4O2. The Labute approximate surface area is 145 Å². The minimum Gasteiger partial charge on any atom is -0.455 e. The molecule has 0 bridgehead atoms. The number of amides is 2. The number of anilines is 1. The third kappa shape index (κ3) is 4.90. The molecule has 25 heavy (non-hydrogen) atoms. The molecule has 3 rings (SSSR count). The van der Waals surface area contributed by atoms with E-state index in [4.69, 9.17) is 4.74 Å². The first-order valence-electron chi connectivity index (χ1n) is 7.63. The molecule has 0 aliphatic rings. The number of urea groups is 1. The van der Waals surface area contributed by atoms with Crippen LogP contribution in [-0.2, 0) is 0 Å². The molecule has 3 aromatic rings. The predicted octanol–water partition coefficient (Wildman–Crippen LogP) is 4.03. The first kappa shape index (κ1) is 16.2. The maximum Gasteiger partial charge on any atom is 0.339 e. The van der Waals surface area contributed by atoms with Gasteiger partial charge in [-0.3, -0.25) is 4.98 Å². The predicted molar refractivity (Wildman–Crippen MR) is 96.9 cm³/mol. The van der Waals surface area contributed by atoms with Gasteiger partial charge in [0, 0.05) is 12.4 Å². The third-order valence-corrected chi connectivity index (χ3v) is 3.19. The molecular weight excluding hydrogens is 316 g/mol. The average Bonchev–Trinajstić information content (AvgIpc) is 2.65. The molecule has 6 nitrogen and oxygen atoms in total. The van der Waals surface area contributed by atoms with E-state index in [9.17, 15) is 4.79 Å². The lowest BCUT2D eigenvalue weighted by Crippen LogP contribution is -2.24. The summed E-state index contributed by atoms with van der Waals surface area (Å²) in [5, 5.41) is 6.61. The highest BCUT2D eigenvalue weighted by atomic mass is 16.5. The van der Waals surface area contributed by atoms with E-state index in [1.165, 1.54) is 6.21 Å². The standard InChI is InChI=1S/C19H16N4O2/c24-19(23-21-14-15-10-12-20-13-11-15)22-17-8-4-5-9-18(17)25-16-6-2-1-3-7-16/h1-14H,(H2,22,23,24)/b21-14+. The van der Waals surface area contributed by atoms with Crippen molar-refractivity contribution in [2.75, 3.05) is 5.32 Å². The van der Waals surface area contributed by atoms with Crippen LogP contribution in [0.5, 0.6) is 11.5 Å². The summed E-state index contributed by atoms with van der Waals surface area (Å²) in [6, 6.07) is 19.6. The SMILES string of the molecule is O=C(N/N=C/c1ccncc1)Nc1ccccc1Oc1ccccc1. The molecule has 0 atom stereocenters. The van der Waals surface area contributed by atoms with Gasteiger partial charge >= 0.3 is 6.03 Å². The summed E-state index contributed by atoms with van der Waals surface area (Å²) >= 11 is 0. The number of nitrogens with zero attached hydrogens (tertiary/aromatic N) is 2. The molecule has 0 radical (unpaired) electrons. The molecule has 2 aromatic carbocycles. The number of hydrazone groups is 1. The van der Waals surface area contributed by atoms with Crippen LogP contribution in [0.2, 0.25) is 0 Å². The maximum atomic E-state index is 12.0. The quantitative estimate of drug-likeness (QED) is 0.547. The number of benzene rings is 2. The number of ether oxygens (including phenoxy) is 1. The van der Waals surface area contributed by atoms with Gasteiger partial charge in [-0.2, -0.15) is 5.10 Å². The topological polar surface area (TPSA) is 75.6 Å². The van der Waals surface area contributed by atoms with Gasteiger partial charge in [0.25, 0.3) is 0 Å². The lowest BCUT2D eigenvalue weighted by atomic mass is 10.3. The van der Waals surface area contributed by atoms with Crippen LogP contribution in [0.3, 0.4) is 0 Å². The zero-order valence-electron chi connectivity index (χ0n) is 13.3.